The van der Waals surface area contributed by atoms with Gasteiger partial charge in [-0.3, -0.25) is 4.79 Å². The zero-order chi connectivity index (χ0) is 16.6. The predicted molar refractivity (Wildman–Crippen MR) is 97.2 cm³/mol. The Bertz CT molecular complexity index is 634. The van der Waals surface area contributed by atoms with Crippen molar-refractivity contribution in [2.45, 2.75) is 44.6 Å². The summed E-state index contributed by atoms with van der Waals surface area (Å²) in [5.41, 5.74) is 1.92. The molecule has 24 heavy (non-hydrogen) atoms. The summed E-state index contributed by atoms with van der Waals surface area (Å²) in [5.74, 6) is 0.811. The number of pyridine rings is 1. The molecule has 1 aromatic heterocycles. The monoisotopic (exact) mass is 323 g/mol. The van der Waals surface area contributed by atoms with Crippen LogP contribution in [0.2, 0.25) is 0 Å². The molecule has 2 aromatic rings. The zero-order valence-corrected chi connectivity index (χ0v) is 14.0. The maximum absolute atomic E-state index is 12.1. The highest BCUT2D eigenvalue weighted by atomic mass is 16.1. The summed E-state index contributed by atoms with van der Waals surface area (Å²) in [6.45, 7) is 0.676. The molecular weight excluding hydrogens is 298 g/mol. The van der Waals surface area contributed by atoms with Crippen molar-refractivity contribution >= 4 is 11.7 Å². The van der Waals surface area contributed by atoms with Gasteiger partial charge in [-0.25, -0.2) is 4.98 Å². The molecule has 1 heterocycles. The van der Waals surface area contributed by atoms with Gasteiger partial charge in [-0.1, -0.05) is 43.2 Å². The normalized spacial score (nSPS) is 14.5. The standard InChI is InChI=1S/C20H25N3O/c24-20(21-14-6-9-16-7-2-1-3-8-16)17-12-13-19(22-15-17)23-18-10-4-5-11-18/h1-3,7-8,12-13,15,18H,4-6,9-11,14H2,(H,21,24)(H,22,23). The number of amides is 1. The second-order valence-electron chi connectivity index (χ2n) is 6.40. The second-order valence-corrected chi connectivity index (χ2v) is 6.40. The van der Waals surface area contributed by atoms with Gasteiger partial charge in [0.2, 0.25) is 0 Å². The van der Waals surface area contributed by atoms with E-state index in [1.807, 2.05) is 30.3 Å². The molecule has 1 saturated carbocycles. The first-order valence-corrected chi connectivity index (χ1v) is 8.86. The SMILES string of the molecule is O=C(NCCCc1ccccc1)c1ccc(NC2CCCC2)nc1. The fraction of sp³-hybridized carbons (Fsp3) is 0.400. The molecule has 1 aliphatic carbocycles. The molecule has 0 aliphatic heterocycles. The number of benzene rings is 1. The fourth-order valence-electron chi connectivity index (χ4n) is 3.13. The van der Waals surface area contributed by atoms with E-state index < -0.39 is 0 Å². The van der Waals surface area contributed by atoms with Gasteiger partial charge >= 0.3 is 0 Å². The topological polar surface area (TPSA) is 54.0 Å². The number of aryl methyl sites for hydroxylation is 1. The van der Waals surface area contributed by atoms with Crippen LogP contribution in [0.5, 0.6) is 0 Å². The number of aromatic nitrogens is 1. The van der Waals surface area contributed by atoms with Crippen molar-refractivity contribution in [2.75, 3.05) is 11.9 Å². The average molecular weight is 323 g/mol. The Balaban J connectivity index is 1.41. The van der Waals surface area contributed by atoms with Crippen LogP contribution in [0.25, 0.3) is 0 Å². The first kappa shape index (κ1) is 16.5. The van der Waals surface area contributed by atoms with Crippen molar-refractivity contribution in [3.8, 4) is 0 Å². The fourth-order valence-corrected chi connectivity index (χ4v) is 3.13. The smallest absolute Gasteiger partial charge is 0.252 e. The number of nitrogens with zero attached hydrogens (tertiary/aromatic N) is 1. The van der Waals surface area contributed by atoms with Gasteiger partial charge in [-0.05, 0) is 43.4 Å². The van der Waals surface area contributed by atoms with Crippen LogP contribution in [0.4, 0.5) is 5.82 Å². The number of rotatable bonds is 7. The highest BCUT2D eigenvalue weighted by molar-refractivity contribution is 5.94. The van der Waals surface area contributed by atoms with Crippen LogP contribution in [0.1, 0.15) is 48.0 Å². The Morgan fingerprint density at radius 2 is 1.88 bits per heavy atom. The van der Waals surface area contributed by atoms with Gasteiger partial charge < -0.3 is 10.6 Å². The molecule has 126 valence electrons. The Labute approximate surface area is 143 Å². The Hall–Kier alpha value is -2.36. The van der Waals surface area contributed by atoms with Crippen LogP contribution in [0.3, 0.4) is 0 Å². The van der Waals surface area contributed by atoms with E-state index in [2.05, 4.69) is 27.8 Å². The van der Waals surface area contributed by atoms with Gasteiger partial charge in [-0.15, -0.1) is 0 Å². The van der Waals surface area contributed by atoms with E-state index in [1.165, 1.54) is 31.2 Å². The van der Waals surface area contributed by atoms with Gasteiger partial charge in [0.25, 0.3) is 5.91 Å². The summed E-state index contributed by atoms with van der Waals surface area (Å²) in [7, 11) is 0. The third kappa shape index (κ3) is 4.82. The van der Waals surface area contributed by atoms with Crippen LogP contribution in [0.15, 0.2) is 48.7 Å². The van der Waals surface area contributed by atoms with E-state index in [9.17, 15) is 4.79 Å². The Kier molecular flexibility index (Phi) is 5.83. The maximum atomic E-state index is 12.1. The summed E-state index contributed by atoms with van der Waals surface area (Å²) in [5, 5.41) is 6.40. The molecule has 0 radical (unpaired) electrons. The largest absolute Gasteiger partial charge is 0.367 e. The van der Waals surface area contributed by atoms with Crippen molar-refractivity contribution in [3.63, 3.8) is 0 Å². The summed E-state index contributed by atoms with van der Waals surface area (Å²) in [4.78, 5) is 16.5. The minimum atomic E-state index is -0.0528. The number of carbonyl (C=O) groups is 1. The van der Waals surface area contributed by atoms with E-state index in [0.29, 0.717) is 18.2 Å². The molecule has 2 N–H and O–H groups in total. The molecule has 0 spiro atoms. The molecule has 1 aliphatic rings. The van der Waals surface area contributed by atoms with Crippen molar-refractivity contribution < 1.29 is 4.79 Å². The third-order valence-corrected chi connectivity index (χ3v) is 4.50. The van der Waals surface area contributed by atoms with Crippen molar-refractivity contribution in [3.05, 3.63) is 59.8 Å². The summed E-state index contributed by atoms with van der Waals surface area (Å²) >= 11 is 0. The second kappa shape index (κ2) is 8.48. The van der Waals surface area contributed by atoms with Gasteiger partial charge in [0.05, 0.1) is 5.56 Å². The van der Waals surface area contributed by atoms with E-state index in [-0.39, 0.29) is 5.91 Å². The number of hydrogen-bond donors (Lipinski definition) is 2. The molecule has 4 nitrogen and oxygen atoms in total. The molecule has 0 unspecified atom stereocenters. The lowest BCUT2D eigenvalue weighted by Gasteiger charge is -2.12. The highest BCUT2D eigenvalue weighted by Crippen LogP contribution is 2.21. The average Bonchev–Trinajstić information content (AvgIpc) is 3.13. The minimum absolute atomic E-state index is 0.0528. The molecular formula is C20H25N3O. The van der Waals surface area contributed by atoms with E-state index >= 15 is 0 Å². The van der Waals surface area contributed by atoms with E-state index in [1.54, 1.807) is 6.20 Å². The number of hydrogen-bond acceptors (Lipinski definition) is 3. The lowest BCUT2D eigenvalue weighted by molar-refractivity contribution is 0.0953. The molecule has 1 aromatic carbocycles. The highest BCUT2D eigenvalue weighted by Gasteiger charge is 2.15. The molecule has 0 saturated heterocycles. The first-order valence-electron chi connectivity index (χ1n) is 8.86. The lowest BCUT2D eigenvalue weighted by Crippen LogP contribution is -2.25. The maximum Gasteiger partial charge on any atom is 0.252 e. The summed E-state index contributed by atoms with van der Waals surface area (Å²) in [6.07, 6.45) is 8.58. The number of nitrogens with one attached hydrogen (secondary N) is 2. The lowest BCUT2D eigenvalue weighted by atomic mass is 10.1. The van der Waals surface area contributed by atoms with Gasteiger partial charge in [0, 0.05) is 18.8 Å². The Morgan fingerprint density at radius 1 is 1.08 bits per heavy atom. The van der Waals surface area contributed by atoms with Crippen LogP contribution in [-0.2, 0) is 6.42 Å². The first-order chi connectivity index (χ1) is 11.8. The number of carbonyl (C=O) groups excluding carboxylic acids is 1. The van der Waals surface area contributed by atoms with Crippen molar-refractivity contribution in [1.82, 2.24) is 10.3 Å². The van der Waals surface area contributed by atoms with Crippen LogP contribution < -0.4 is 10.6 Å². The summed E-state index contributed by atoms with van der Waals surface area (Å²) in [6, 6.07) is 14.6. The number of anilines is 1. The third-order valence-electron chi connectivity index (χ3n) is 4.50. The molecule has 1 fully saturated rings. The van der Waals surface area contributed by atoms with Crippen LogP contribution in [0, 0.1) is 0 Å². The van der Waals surface area contributed by atoms with Crippen molar-refractivity contribution in [2.24, 2.45) is 0 Å². The van der Waals surface area contributed by atoms with Crippen molar-refractivity contribution in [1.29, 1.82) is 0 Å². The molecule has 4 heteroatoms. The quantitative estimate of drug-likeness (QED) is 0.762. The van der Waals surface area contributed by atoms with Crippen LogP contribution >= 0.6 is 0 Å². The van der Waals surface area contributed by atoms with E-state index in [0.717, 1.165) is 18.7 Å². The molecule has 0 atom stereocenters. The Morgan fingerprint density at radius 3 is 2.58 bits per heavy atom. The molecule has 1 amide bonds. The van der Waals surface area contributed by atoms with Crippen LogP contribution in [-0.4, -0.2) is 23.5 Å². The summed E-state index contributed by atoms with van der Waals surface area (Å²) < 4.78 is 0. The predicted octanol–water partition coefficient (Wildman–Crippen LogP) is 3.80. The zero-order valence-electron chi connectivity index (χ0n) is 14.0. The van der Waals surface area contributed by atoms with Gasteiger partial charge in [0.1, 0.15) is 5.82 Å². The van der Waals surface area contributed by atoms with Gasteiger partial charge in [-0.2, -0.15) is 0 Å². The molecule has 0 bridgehead atoms. The minimum Gasteiger partial charge on any atom is -0.367 e. The van der Waals surface area contributed by atoms with E-state index in [4.69, 9.17) is 0 Å². The molecule has 3 rings (SSSR count). The van der Waals surface area contributed by atoms with Gasteiger partial charge in [0.15, 0.2) is 0 Å².